The first-order chi connectivity index (χ1) is 30.7. The molecule has 3 heteroatoms. The molecule has 0 saturated carbocycles. The first kappa shape index (κ1) is 35.8. The first-order valence-corrected chi connectivity index (χ1v) is 21.1. The Morgan fingerprint density at radius 1 is 0.323 bits per heavy atom. The number of aromatic nitrogens is 2. The molecule has 1 aliphatic rings. The van der Waals surface area contributed by atoms with Crippen molar-refractivity contribution in [2.24, 2.45) is 0 Å². The highest BCUT2D eigenvalue weighted by atomic mass is 16.3. The van der Waals surface area contributed by atoms with Crippen LogP contribution in [0.2, 0.25) is 0 Å². The minimum Gasteiger partial charge on any atom is -0.456 e. The van der Waals surface area contributed by atoms with Crippen molar-refractivity contribution >= 4 is 21.9 Å². The number of hydrogen-bond donors (Lipinski definition) is 0. The summed E-state index contributed by atoms with van der Waals surface area (Å²) in [7, 11) is 0. The van der Waals surface area contributed by atoms with Crippen molar-refractivity contribution in [1.82, 2.24) is 9.97 Å². The van der Waals surface area contributed by atoms with Gasteiger partial charge in [0.05, 0.1) is 16.8 Å². The van der Waals surface area contributed by atoms with Gasteiger partial charge >= 0.3 is 0 Å². The zero-order chi connectivity index (χ0) is 41.0. The summed E-state index contributed by atoms with van der Waals surface area (Å²) < 4.78 is 6.28. The van der Waals surface area contributed by atoms with Crippen molar-refractivity contribution in [2.75, 3.05) is 0 Å². The Balaban J connectivity index is 0.999. The fourth-order valence-corrected chi connectivity index (χ4v) is 9.85. The van der Waals surface area contributed by atoms with E-state index in [0.717, 1.165) is 72.3 Å². The smallest absolute Gasteiger partial charge is 0.160 e. The molecule has 62 heavy (non-hydrogen) atoms. The second kappa shape index (κ2) is 14.5. The van der Waals surface area contributed by atoms with Crippen LogP contribution in [0.4, 0.5) is 0 Å². The molecule has 290 valence electrons. The van der Waals surface area contributed by atoms with Crippen LogP contribution in [-0.2, 0) is 5.41 Å². The van der Waals surface area contributed by atoms with Crippen molar-refractivity contribution in [3.05, 3.63) is 253 Å². The Bertz CT molecular complexity index is 3400. The third kappa shape index (κ3) is 5.67. The topological polar surface area (TPSA) is 38.9 Å². The zero-order valence-corrected chi connectivity index (χ0v) is 33.7. The van der Waals surface area contributed by atoms with E-state index >= 15 is 0 Å². The van der Waals surface area contributed by atoms with Crippen molar-refractivity contribution in [3.8, 4) is 67.3 Å². The van der Waals surface area contributed by atoms with Crippen molar-refractivity contribution in [2.45, 2.75) is 5.41 Å². The van der Waals surface area contributed by atoms with Gasteiger partial charge in [-0.1, -0.05) is 206 Å². The molecule has 0 amide bonds. The quantitative estimate of drug-likeness (QED) is 0.161. The van der Waals surface area contributed by atoms with Gasteiger partial charge < -0.3 is 4.42 Å². The molecule has 2 aromatic heterocycles. The van der Waals surface area contributed by atoms with E-state index < -0.39 is 5.41 Å². The van der Waals surface area contributed by atoms with Crippen molar-refractivity contribution < 1.29 is 4.42 Å². The molecule has 0 radical (unpaired) electrons. The molecule has 0 saturated heterocycles. The maximum atomic E-state index is 6.28. The summed E-state index contributed by atoms with van der Waals surface area (Å²) in [5.41, 5.74) is 18.1. The van der Waals surface area contributed by atoms with Crippen molar-refractivity contribution in [3.63, 3.8) is 0 Å². The lowest BCUT2D eigenvalue weighted by atomic mass is 9.67. The lowest BCUT2D eigenvalue weighted by Crippen LogP contribution is -2.28. The summed E-state index contributed by atoms with van der Waals surface area (Å²) in [6.45, 7) is 0. The number of para-hydroxylation sites is 1. The third-order valence-electron chi connectivity index (χ3n) is 12.6. The van der Waals surface area contributed by atoms with Crippen LogP contribution in [0, 0.1) is 0 Å². The zero-order valence-electron chi connectivity index (χ0n) is 33.7. The van der Waals surface area contributed by atoms with Gasteiger partial charge in [0.15, 0.2) is 5.82 Å². The molecular formula is C59H38N2O. The normalized spacial score (nSPS) is 12.6. The van der Waals surface area contributed by atoms with Crippen LogP contribution in [0.15, 0.2) is 235 Å². The van der Waals surface area contributed by atoms with Gasteiger partial charge in [-0.05, 0) is 79.9 Å². The summed E-state index contributed by atoms with van der Waals surface area (Å²) in [5.74, 6) is 0.689. The fraction of sp³-hybridized carbons (Fsp3) is 0.0169. The van der Waals surface area contributed by atoms with Crippen LogP contribution in [0.1, 0.15) is 22.3 Å². The molecular weight excluding hydrogens is 753 g/mol. The highest BCUT2D eigenvalue weighted by Crippen LogP contribution is 2.56. The summed E-state index contributed by atoms with van der Waals surface area (Å²) in [5, 5.41) is 2.25. The van der Waals surface area contributed by atoms with E-state index in [1.54, 1.807) is 0 Å². The van der Waals surface area contributed by atoms with E-state index in [1.807, 2.05) is 30.3 Å². The molecule has 11 aromatic rings. The minimum absolute atomic E-state index is 0.509. The highest BCUT2D eigenvalue weighted by Gasteiger charge is 2.46. The molecule has 1 aliphatic carbocycles. The Hall–Kier alpha value is -8.14. The largest absolute Gasteiger partial charge is 0.456 e. The standard InChI is InChI=1S/C59H38N2O/c1-4-17-41(18-5-1)58-60-53(40-33-31-39(32-34-40)45-23-10-11-24-46(45)49-27-16-30-56-57(49)50-26-13-15-29-55(50)62-56)38-54(61-58)42-35-36-48-47-25-12-14-28-51(47)59(52(48)37-42,43-19-6-2-7-20-43)44-21-8-3-9-22-44/h1-38H. The Labute approximate surface area is 360 Å². The maximum Gasteiger partial charge on any atom is 0.160 e. The molecule has 0 unspecified atom stereocenters. The van der Waals surface area contributed by atoms with Gasteiger partial charge in [-0.2, -0.15) is 0 Å². The Morgan fingerprint density at radius 3 is 1.60 bits per heavy atom. The van der Waals surface area contributed by atoms with Crippen LogP contribution in [0.25, 0.3) is 89.2 Å². The molecule has 12 rings (SSSR count). The molecule has 0 atom stereocenters. The van der Waals surface area contributed by atoms with E-state index in [1.165, 1.54) is 33.4 Å². The van der Waals surface area contributed by atoms with E-state index in [9.17, 15) is 0 Å². The molecule has 0 aliphatic heterocycles. The number of hydrogen-bond acceptors (Lipinski definition) is 3. The van der Waals surface area contributed by atoms with E-state index in [4.69, 9.17) is 14.4 Å². The van der Waals surface area contributed by atoms with Gasteiger partial charge in [-0.15, -0.1) is 0 Å². The average molecular weight is 791 g/mol. The van der Waals surface area contributed by atoms with Gasteiger partial charge in [0.25, 0.3) is 0 Å². The van der Waals surface area contributed by atoms with Gasteiger partial charge in [0.1, 0.15) is 11.2 Å². The number of furan rings is 1. The Kier molecular flexibility index (Phi) is 8.39. The molecule has 0 bridgehead atoms. The lowest BCUT2D eigenvalue weighted by Gasteiger charge is -2.34. The number of rotatable bonds is 7. The average Bonchev–Trinajstić information content (AvgIpc) is 3.89. The van der Waals surface area contributed by atoms with Crippen LogP contribution in [0.3, 0.4) is 0 Å². The number of benzene rings is 9. The van der Waals surface area contributed by atoms with Gasteiger partial charge in [-0.25, -0.2) is 9.97 Å². The summed E-state index contributed by atoms with van der Waals surface area (Å²) in [4.78, 5) is 10.5. The van der Waals surface area contributed by atoms with E-state index in [0.29, 0.717) is 5.82 Å². The number of fused-ring (bicyclic) bond motifs is 6. The van der Waals surface area contributed by atoms with E-state index in [2.05, 4.69) is 200 Å². The molecule has 2 heterocycles. The van der Waals surface area contributed by atoms with Gasteiger partial charge in [-0.3, -0.25) is 0 Å². The van der Waals surface area contributed by atoms with Crippen LogP contribution >= 0.6 is 0 Å². The van der Waals surface area contributed by atoms with Gasteiger partial charge in [0.2, 0.25) is 0 Å². The molecule has 0 spiro atoms. The summed E-state index contributed by atoms with van der Waals surface area (Å²) >= 11 is 0. The van der Waals surface area contributed by atoms with Crippen LogP contribution < -0.4 is 0 Å². The van der Waals surface area contributed by atoms with E-state index in [-0.39, 0.29) is 0 Å². The monoisotopic (exact) mass is 790 g/mol. The SMILES string of the molecule is c1ccc(-c2nc(-c3ccc(-c4ccccc4-c4cccc5oc6ccccc6c45)cc3)cc(-c3ccc4c(c3)C(c3ccccc3)(c3ccccc3)c3ccccc3-4)n2)cc1. The second-order valence-corrected chi connectivity index (χ2v) is 16.0. The summed E-state index contributed by atoms with van der Waals surface area (Å²) in [6, 6.07) is 82.2. The van der Waals surface area contributed by atoms with Crippen LogP contribution in [0.5, 0.6) is 0 Å². The first-order valence-electron chi connectivity index (χ1n) is 21.1. The highest BCUT2D eigenvalue weighted by molar-refractivity contribution is 6.13. The second-order valence-electron chi connectivity index (χ2n) is 16.0. The van der Waals surface area contributed by atoms with Gasteiger partial charge in [0, 0.05) is 27.5 Å². The van der Waals surface area contributed by atoms with Crippen LogP contribution in [-0.4, -0.2) is 9.97 Å². The predicted molar refractivity (Wildman–Crippen MR) is 254 cm³/mol. The minimum atomic E-state index is -0.509. The molecule has 0 fully saturated rings. The molecule has 9 aromatic carbocycles. The number of nitrogens with zero attached hydrogens (tertiary/aromatic N) is 2. The Morgan fingerprint density at radius 2 is 0.855 bits per heavy atom. The fourth-order valence-electron chi connectivity index (χ4n) is 9.85. The maximum absolute atomic E-state index is 6.28. The molecule has 3 nitrogen and oxygen atoms in total. The molecule has 0 N–H and O–H groups in total. The van der Waals surface area contributed by atoms with Crippen molar-refractivity contribution in [1.29, 1.82) is 0 Å². The lowest BCUT2D eigenvalue weighted by molar-refractivity contribution is 0.669. The summed E-state index contributed by atoms with van der Waals surface area (Å²) in [6.07, 6.45) is 0. The third-order valence-corrected chi connectivity index (χ3v) is 12.6. The predicted octanol–water partition coefficient (Wildman–Crippen LogP) is 15.1.